The van der Waals surface area contributed by atoms with Crippen molar-refractivity contribution in [3.05, 3.63) is 76.7 Å². The summed E-state index contributed by atoms with van der Waals surface area (Å²) in [5.74, 6) is 9.43. The lowest BCUT2D eigenvalue weighted by molar-refractivity contribution is -0.127. The van der Waals surface area contributed by atoms with Gasteiger partial charge in [-0.1, -0.05) is 88.3 Å². The summed E-state index contributed by atoms with van der Waals surface area (Å²) in [7, 11) is 0. The molecule has 7 rings (SSSR count). The van der Waals surface area contributed by atoms with Crippen LogP contribution < -0.4 is 20.9 Å². The van der Waals surface area contributed by atoms with E-state index < -0.39 is 48.0 Å². The van der Waals surface area contributed by atoms with E-state index in [-0.39, 0.29) is 36.5 Å². The zero-order chi connectivity index (χ0) is 41.0. The van der Waals surface area contributed by atoms with Crippen LogP contribution >= 0.6 is 0 Å². The van der Waals surface area contributed by atoms with Gasteiger partial charge in [0.05, 0.1) is 35.2 Å². The maximum Gasteiger partial charge on any atom is 0.191 e. The highest BCUT2D eigenvalue weighted by Gasteiger charge is 2.46. The number of aromatic nitrogens is 2. The number of hydrogen-bond donors (Lipinski definition) is 7. The quantitative estimate of drug-likeness (QED) is 0.0403. The number of aromatic amines is 1. The lowest BCUT2D eigenvalue weighted by Gasteiger charge is -2.35. The molecular weight excluding hydrogens is 733 g/mol. The number of nitrogens with one attached hydrogen (secondary N) is 1. The second kappa shape index (κ2) is 18.0. The van der Waals surface area contributed by atoms with Crippen molar-refractivity contribution in [2.45, 2.75) is 134 Å². The number of rotatable bonds is 14. The number of Topliss-reactive ketones (excluding diaryl/α,β-unsaturated/α-hetero) is 1. The fourth-order valence-corrected chi connectivity index (χ4v) is 9.18. The molecule has 2 aromatic carbocycles. The third-order valence-corrected chi connectivity index (χ3v) is 12.5. The summed E-state index contributed by atoms with van der Waals surface area (Å²) in [6.45, 7) is 4.07. The number of phenols is 1. The van der Waals surface area contributed by atoms with Gasteiger partial charge in [0, 0.05) is 48.8 Å². The Kier molecular flexibility index (Phi) is 12.9. The minimum Gasteiger partial charge on any atom is -0.508 e. The standard InChI is InChI=1S/C47H58N4O7/c1-3-5-6-10-35(42(56)24-33(52)9-4-2)40(54)15-12-29-23-44-43(25-41(29)55)57-20-19-47(17-7-8-18-47)37-14-16-39(53)34-13-11-30(45(48)49)21-31(34)22-32-26-50-38-28-51(27-36(32)38)46(37)58-44/h11,13,21,23,25-28,33,35,37,39,42,45-46,50,52-53,55-56H,3-10,12,15,17-18,22,24,48-49H2,1-2H3/t33-,35-,37-,39+,42-,46-/m1/s1. The average molecular weight is 791 g/mol. The molecule has 3 aliphatic rings. The maximum absolute atomic E-state index is 13.8. The number of carbonyl (C=O) groups excluding carboxylic acids is 1. The van der Waals surface area contributed by atoms with Crippen LogP contribution in [0.1, 0.15) is 137 Å². The number of aliphatic hydroxyl groups is 3. The van der Waals surface area contributed by atoms with E-state index in [4.69, 9.17) is 20.9 Å². The highest BCUT2D eigenvalue weighted by molar-refractivity contribution is 5.83. The Hall–Kier alpha value is -4.75. The predicted octanol–water partition coefficient (Wildman–Crippen LogP) is 6.95. The lowest BCUT2D eigenvalue weighted by Crippen LogP contribution is -2.35. The Morgan fingerprint density at radius 1 is 1.02 bits per heavy atom. The number of aromatic hydroxyl groups is 1. The molecular formula is C47H58N4O7. The van der Waals surface area contributed by atoms with E-state index in [9.17, 15) is 25.2 Å². The first kappa shape index (κ1) is 41.4. The molecule has 0 amide bonds. The molecule has 58 heavy (non-hydrogen) atoms. The van der Waals surface area contributed by atoms with Crippen LogP contribution in [0.15, 0.2) is 48.9 Å². The second-order valence-corrected chi connectivity index (χ2v) is 16.6. The first-order chi connectivity index (χ1) is 28.0. The number of carbonyl (C=O) groups is 1. The first-order valence-electron chi connectivity index (χ1n) is 21.1. The van der Waals surface area contributed by atoms with Crippen molar-refractivity contribution < 1.29 is 34.7 Å². The average Bonchev–Trinajstić information content (AvgIpc) is 3.94. The Morgan fingerprint density at radius 3 is 2.59 bits per heavy atom. The van der Waals surface area contributed by atoms with E-state index in [0.29, 0.717) is 36.1 Å². The minimum atomic E-state index is -1.11. The Morgan fingerprint density at radius 2 is 1.83 bits per heavy atom. The molecule has 0 unspecified atom stereocenters. The van der Waals surface area contributed by atoms with Crippen molar-refractivity contribution in [2.75, 3.05) is 0 Å². The van der Waals surface area contributed by atoms with E-state index in [2.05, 4.69) is 42.0 Å². The van der Waals surface area contributed by atoms with E-state index >= 15 is 0 Å². The van der Waals surface area contributed by atoms with Crippen molar-refractivity contribution in [2.24, 2.45) is 28.7 Å². The third-order valence-electron chi connectivity index (χ3n) is 12.5. The third kappa shape index (κ3) is 8.80. The molecule has 6 atom stereocenters. The van der Waals surface area contributed by atoms with Crippen LogP contribution in [-0.4, -0.2) is 48.0 Å². The van der Waals surface area contributed by atoms with Gasteiger partial charge in [0.15, 0.2) is 17.7 Å². The molecule has 1 saturated carbocycles. The van der Waals surface area contributed by atoms with Gasteiger partial charge in [-0.05, 0) is 72.4 Å². The topological polar surface area (TPSA) is 189 Å². The van der Waals surface area contributed by atoms with Crippen LogP contribution in [0, 0.1) is 41.1 Å². The van der Waals surface area contributed by atoms with Gasteiger partial charge in [-0.15, -0.1) is 0 Å². The fourth-order valence-electron chi connectivity index (χ4n) is 9.18. The summed E-state index contributed by atoms with van der Waals surface area (Å²) < 4.78 is 15.1. The zero-order valence-electron chi connectivity index (χ0n) is 33.7. The SMILES string of the molecule is CCCCC[C@H](C(=O)CCc1cc2c(cc1O)OC#CC1(CCCC1)[C@@H]1C#C[C@H](O)c3ccc(C(N)N)cc3Cc3c[nH]c4cn(cc34)[C@@H]1O2)[C@H](O)C[C@H](O)CCC. The smallest absolute Gasteiger partial charge is 0.191 e. The van der Waals surface area contributed by atoms with Crippen LogP contribution in [0.2, 0.25) is 0 Å². The molecule has 4 aromatic rings. The molecule has 1 fully saturated rings. The second-order valence-electron chi connectivity index (χ2n) is 16.6. The monoisotopic (exact) mass is 790 g/mol. The number of phenolic OH excluding ortho intramolecular Hbond substituents is 1. The van der Waals surface area contributed by atoms with E-state index in [1.54, 1.807) is 6.07 Å². The molecule has 11 heteroatoms. The number of ketones is 1. The van der Waals surface area contributed by atoms with Crippen LogP contribution in [0.3, 0.4) is 0 Å². The molecule has 1 spiro atoms. The van der Waals surface area contributed by atoms with Gasteiger partial charge in [0.25, 0.3) is 0 Å². The number of nitrogens with two attached hydrogens (primary N) is 2. The molecule has 0 radical (unpaired) electrons. The number of nitrogens with zero attached hydrogens (tertiary/aromatic N) is 1. The van der Waals surface area contributed by atoms with E-state index in [1.807, 2.05) is 42.1 Å². The summed E-state index contributed by atoms with van der Waals surface area (Å²) >= 11 is 0. The zero-order valence-corrected chi connectivity index (χ0v) is 33.7. The number of benzene rings is 2. The normalized spacial score (nSPS) is 20.9. The van der Waals surface area contributed by atoms with E-state index in [1.165, 1.54) is 6.07 Å². The number of H-pyrrole nitrogens is 1. The highest BCUT2D eigenvalue weighted by atomic mass is 16.5. The summed E-state index contributed by atoms with van der Waals surface area (Å²) in [6, 6.07) is 8.84. The molecule has 4 heterocycles. The van der Waals surface area contributed by atoms with Crippen molar-refractivity contribution >= 4 is 16.7 Å². The highest BCUT2D eigenvalue weighted by Crippen LogP contribution is 2.51. The minimum absolute atomic E-state index is 0.0530. The number of aryl methyl sites for hydroxylation is 1. The van der Waals surface area contributed by atoms with Gasteiger partial charge < -0.3 is 50.9 Å². The van der Waals surface area contributed by atoms with Gasteiger partial charge in [-0.2, -0.15) is 0 Å². The van der Waals surface area contributed by atoms with Crippen molar-refractivity contribution in [3.8, 4) is 41.1 Å². The molecule has 0 saturated heterocycles. The molecule has 1 aliphatic carbocycles. The predicted molar refractivity (Wildman–Crippen MR) is 222 cm³/mol. The molecule has 2 aliphatic heterocycles. The largest absolute Gasteiger partial charge is 0.508 e. The van der Waals surface area contributed by atoms with Crippen LogP contribution in [0.5, 0.6) is 17.2 Å². The summed E-state index contributed by atoms with van der Waals surface area (Å²) in [6.07, 6.45) is 13.9. The van der Waals surface area contributed by atoms with Crippen LogP contribution in [0.25, 0.3) is 10.9 Å². The van der Waals surface area contributed by atoms with Crippen LogP contribution in [-0.2, 0) is 17.6 Å². The number of aliphatic hydroxyl groups excluding tert-OH is 3. The number of hydrogen-bond acceptors (Lipinski definition) is 9. The van der Waals surface area contributed by atoms with Crippen molar-refractivity contribution in [1.82, 2.24) is 9.55 Å². The molecule has 308 valence electrons. The Balaban J connectivity index is 1.25. The number of ether oxygens (including phenoxy) is 2. The molecule has 9 N–H and O–H groups in total. The summed E-state index contributed by atoms with van der Waals surface area (Å²) in [4.78, 5) is 17.2. The summed E-state index contributed by atoms with van der Waals surface area (Å²) in [5, 5.41) is 45.6. The van der Waals surface area contributed by atoms with Gasteiger partial charge in [-0.3, -0.25) is 4.79 Å². The summed E-state index contributed by atoms with van der Waals surface area (Å²) in [5.41, 5.74) is 16.3. The Labute approximate surface area is 341 Å². The van der Waals surface area contributed by atoms with E-state index in [0.717, 1.165) is 79.0 Å². The maximum atomic E-state index is 13.8. The van der Waals surface area contributed by atoms with Gasteiger partial charge >= 0.3 is 0 Å². The number of unbranched alkanes of at least 4 members (excludes halogenated alkanes) is 2. The molecule has 11 nitrogen and oxygen atoms in total. The van der Waals surface area contributed by atoms with Gasteiger partial charge in [0.2, 0.25) is 0 Å². The number of fused-ring (bicyclic) bond motifs is 6. The van der Waals surface area contributed by atoms with Gasteiger partial charge in [-0.25, -0.2) is 0 Å². The molecule has 2 aromatic heterocycles. The van der Waals surface area contributed by atoms with Gasteiger partial charge in [0.1, 0.15) is 23.7 Å². The van der Waals surface area contributed by atoms with Crippen molar-refractivity contribution in [3.63, 3.8) is 0 Å². The fraction of sp³-hybridized carbons (Fsp3) is 0.511. The lowest BCUT2D eigenvalue weighted by atomic mass is 9.73. The first-order valence-corrected chi connectivity index (χ1v) is 21.1. The Bertz CT molecular complexity index is 2210. The van der Waals surface area contributed by atoms with Crippen molar-refractivity contribution in [1.29, 1.82) is 0 Å². The van der Waals surface area contributed by atoms with Crippen LogP contribution in [0.4, 0.5) is 0 Å². The molecule has 2 bridgehead atoms.